The highest BCUT2D eigenvalue weighted by Gasteiger charge is 2.37. The third-order valence-corrected chi connectivity index (χ3v) is 9.78. The molecule has 232 valence electrons. The Kier molecular flexibility index (Phi) is 5.82. The molecule has 1 aliphatic carbocycles. The van der Waals surface area contributed by atoms with Gasteiger partial charge >= 0.3 is 0 Å². The fraction of sp³-hybridized carbons (Fsp3) is 0.0698. The molecule has 6 aromatic carbocycles. The van der Waals surface area contributed by atoms with E-state index < -0.39 is 0 Å². The first kappa shape index (κ1) is 27.7. The van der Waals surface area contributed by atoms with E-state index in [4.69, 9.17) is 28.8 Å². The number of fused-ring (bicyclic) bond motifs is 7. The highest BCUT2D eigenvalue weighted by molar-refractivity contribution is 6.09. The molecule has 3 aromatic heterocycles. The van der Waals surface area contributed by atoms with Crippen LogP contribution in [0.25, 0.3) is 89.8 Å². The predicted octanol–water partition coefficient (Wildman–Crippen LogP) is 10.9. The Hall–Kier alpha value is -6.40. The second kappa shape index (κ2) is 10.3. The third kappa shape index (κ3) is 4.27. The second-order valence-corrected chi connectivity index (χ2v) is 13.1. The van der Waals surface area contributed by atoms with E-state index in [2.05, 4.69) is 56.3 Å². The van der Waals surface area contributed by atoms with Crippen molar-refractivity contribution in [2.45, 2.75) is 19.3 Å². The zero-order valence-corrected chi connectivity index (χ0v) is 26.8. The molecule has 0 fully saturated rings. The molecule has 3 heterocycles. The van der Waals surface area contributed by atoms with Gasteiger partial charge in [0.05, 0.1) is 5.56 Å². The van der Waals surface area contributed by atoms with Gasteiger partial charge in [-0.1, -0.05) is 105 Å². The Labute approximate surface area is 281 Å². The first-order valence-electron chi connectivity index (χ1n) is 16.4. The maximum Gasteiger partial charge on any atom is 0.227 e. The summed E-state index contributed by atoms with van der Waals surface area (Å²) in [7, 11) is 0. The van der Waals surface area contributed by atoms with Gasteiger partial charge in [0, 0.05) is 32.9 Å². The molecule has 6 nitrogen and oxygen atoms in total. The third-order valence-electron chi connectivity index (χ3n) is 9.78. The fourth-order valence-electron chi connectivity index (χ4n) is 7.26. The van der Waals surface area contributed by atoms with Crippen LogP contribution >= 0.6 is 0 Å². The van der Waals surface area contributed by atoms with Crippen molar-refractivity contribution in [3.05, 3.63) is 145 Å². The molecule has 0 spiro atoms. The van der Waals surface area contributed by atoms with Gasteiger partial charge in [0.25, 0.3) is 0 Å². The zero-order chi connectivity index (χ0) is 32.7. The number of para-hydroxylation sites is 2. The van der Waals surface area contributed by atoms with E-state index in [-0.39, 0.29) is 5.41 Å². The monoisotopic (exact) mass is 632 g/mol. The Balaban J connectivity index is 1.13. The number of nitrogens with zero attached hydrogens (tertiary/aromatic N) is 4. The van der Waals surface area contributed by atoms with Gasteiger partial charge in [-0.15, -0.1) is 0 Å². The Morgan fingerprint density at radius 2 is 1.12 bits per heavy atom. The van der Waals surface area contributed by atoms with Gasteiger partial charge in [-0.25, -0.2) is 19.9 Å². The fourth-order valence-corrected chi connectivity index (χ4v) is 7.26. The molecule has 0 amide bonds. The van der Waals surface area contributed by atoms with E-state index in [1.807, 2.05) is 91.0 Å². The summed E-state index contributed by atoms with van der Waals surface area (Å²) in [6, 6.07) is 45.2. The van der Waals surface area contributed by atoms with Crippen molar-refractivity contribution in [3.63, 3.8) is 0 Å². The standard InChI is InChI=1S/C43H28N4O2/c1-43(2)33-22-27(20-21-28(33)32-23-35-37(24-34(32)43)49-42(44-35)26-14-7-4-8-15-26)40-45-39(25-12-5-3-6-13-25)46-41(47-40)31-18-11-17-30-29-16-9-10-19-36(29)48-38(30)31/h3-24H,1-2H3. The number of hydrogen-bond acceptors (Lipinski definition) is 6. The van der Waals surface area contributed by atoms with Gasteiger partial charge in [0.15, 0.2) is 23.1 Å². The molecule has 49 heavy (non-hydrogen) atoms. The van der Waals surface area contributed by atoms with E-state index >= 15 is 0 Å². The molecule has 6 heteroatoms. The van der Waals surface area contributed by atoms with Gasteiger partial charge in [0.1, 0.15) is 16.7 Å². The van der Waals surface area contributed by atoms with Crippen LogP contribution in [0.2, 0.25) is 0 Å². The summed E-state index contributed by atoms with van der Waals surface area (Å²) in [5.41, 5.74) is 11.3. The van der Waals surface area contributed by atoms with Crippen LogP contribution in [0, 0.1) is 0 Å². The maximum absolute atomic E-state index is 6.40. The lowest BCUT2D eigenvalue weighted by Gasteiger charge is -2.21. The van der Waals surface area contributed by atoms with E-state index in [0.29, 0.717) is 23.4 Å². The van der Waals surface area contributed by atoms with Crippen molar-refractivity contribution in [1.29, 1.82) is 0 Å². The van der Waals surface area contributed by atoms with Gasteiger partial charge in [-0.2, -0.15) is 0 Å². The molecular formula is C43H28N4O2. The first-order valence-corrected chi connectivity index (χ1v) is 16.4. The summed E-state index contributed by atoms with van der Waals surface area (Å²) >= 11 is 0. The van der Waals surface area contributed by atoms with E-state index in [0.717, 1.165) is 55.3 Å². The Morgan fingerprint density at radius 3 is 1.94 bits per heavy atom. The summed E-state index contributed by atoms with van der Waals surface area (Å²) in [5, 5.41) is 2.10. The van der Waals surface area contributed by atoms with Crippen LogP contribution in [0.15, 0.2) is 142 Å². The van der Waals surface area contributed by atoms with Crippen LogP contribution in [-0.2, 0) is 5.41 Å². The highest BCUT2D eigenvalue weighted by atomic mass is 16.3. The normalized spacial score (nSPS) is 13.3. The number of oxazole rings is 1. The molecular weight excluding hydrogens is 604 g/mol. The van der Waals surface area contributed by atoms with Crippen molar-refractivity contribution in [2.24, 2.45) is 0 Å². The van der Waals surface area contributed by atoms with Crippen LogP contribution < -0.4 is 0 Å². The molecule has 9 aromatic rings. The van der Waals surface area contributed by atoms with Crippen LogP contribution in [0.4, 0.5) is 0 Å². The molecule has 0 saturated heterocycles. The van der Waals surface area contributed by atoms with Crippen molar-refractivity contribution in [3.8, 4) is 56.7 Å². The van der Waals surface area contributed by atoms with Crippen LogP contribution in [-0.4, -0.2) is 19.9 Å². The number of rotatable bonds is 4. The van der Waals surface area contributed by atoms with Crippen molar-refractivity contribution in [1.82, 2.24) is 19.9 Å². The molecule has 0 atom stereocenters. The van der Waals surface area contributed by atoms with Crippen LogP contribution in [0.5, 0.6) is 0 Å². The Morgan fingerprint density at radius 1 is 0.449 bits per heavy atom. The average molecular weight is 633 g/mol. The molecule has 0 bridgehead atoms. The van der Waals surface area contributed by atoms with Crippen LogP contribution in [0.3, 0.4) is 0 Å². The quantitative estimate of drug-likeness (QED) is 0.192. The summed E-state index contributed by atoms with van der Waals surface area (Å²) in [4.78, 5) is 20.0. The lowest BCUT2D eigenvalue weighted by atomic mass is 9.82. The molecule has 0 N–H and O–H groups in total. The second-order valence-electron chi connectivity index (χ2n) is 13.1. The molecule has 10 rings (SSSR count). The number of hydrogen-bond donors (Lipinski definition) is 0. The molecule has 0 radical (unpaired) electrons. The smallest absolute Gasteiger partial charge is 0.227 e. The molecule has 0 saturated carbocycles. The minimum absolute atomic E-state index is 0.285. The first-order chi connectivity index (χ1) is 24.0. The SMILES string of the molecule is CC1(C)c2cc(-c3nc(-c4ccccc4)nc(-c4cccc5c4oc4ccccc45)n3)ccc2-c2cc3nc(-c4ccccc4)oc3cc21. The summed E-state index contributed by atoms with van der Waals surface area (Å²) in [6.07, 6.45) is 0. The number of aromatic nitrogens is 4. The molecule has 0 unspecified atom stereocenters. The lowest BCUT2D eigenvalue weighted by Crippen LogP contribution is -2.15. The summed E-state index contributed by atoms with van der Waals surface area (Å²) in [6.45, 7) is 4.52. The largest absolute Gasteiger partial charge is 0.455 e. The van der Waals surface area contributed by atoms with Crippen molar-refractivity contribution in [2.75, 3.05) is 0 Å². The minimum Gasteiger partial charge on any atom is -0.455 e. The Bertz CT molecular complexity index is 2740. The van der Waals surface area contributed by atoms with Crippen molar-refractivity contribution < 1.29 is 8.83 Å². The van der Waals surface area contributed by atoms with Crippen LogP contribution in [0.1, 0.15) is 25.0 Å². The molecule has 0 aliphatic heterocycles. The van der Waals surface area contributed by atoms with Gasteiger partial charge in [0.2, 0.25) is 5.89 Å². The zero-order valence-electron chi connectivity index (χ0n) is 26.8. The highest BCUT2D eigenvalue weighted by Crippen LogP contribution is 2.51. The summed E-state index contributed by atoms with van der Waals surface area (Å²) in [5.74, 6) is 2.41. The number of furan rings is 1. The maximum atomic E-state index is 6.40. The van der Waals surface area contributed by atoms with E-state index in [1.165, 1.54) is 22.3 Å². The lowest BCUT2D eigenvalue weighted by molar-refractivity contribution is 0.614. The number of benzene rings is 6. The minimum atomic E-state index is -0.285. The van der Waals surface area contributed by atoms with Crippen molar-refractivity contribution >= 4 is 33.0 Å². The van der Waals surface area contributed by atoms with Gasteiger partial charge in [-0.3, -0.25) is 0 Å². The predicted molar refractivity (Wildman–Crippen MR) is 194 cm³/mol. The summed E-state index contributed by atoms with van der Waals surface area (Å²) < 4.78 is 12.7. The topological polar surface area (TPSA) is 77.8 Å². The van der Waals surface area contributed by atoms with E-state index in [1.54, 1.807) is 0 Å². The average Bonchev–Trinajstić information content (AvgIpc) is 3.81. The van der Waals surface area contributed by atoms with Gasteiger partial charge in [-0.05, 0) is 64.7 Å². The van der Waals surface area contributed by atoms with Gasteiger partial charge < -0.3 is 8.83 Å². The molecule has 1 aliphatic rings. The van der Waals surface area contributed by atoms with E-state index in [9.17, 15) is 0 Å².